The molecule has 8 heteroatoms. The maximum absolute atomic E-state index is 13.0. The van der Waals surface area contributed by atoms with E-state index in [4.69, 9.17) is 9.72 Å². The predicted molar refractivity (Wildman–Crippen MR) is 125 cm³/mol. The van der Waals surface area contributed by atoms with Gasteiger partial charge in [-0.15, -0.1) is 0 Å². The molecule has 2 aliphatic heterocycles. The first-order valence-corrected chi connectivity index (χ1v) is 11.8. The number of nitrogens with one attached hydrogen (secondary N) is 1. The number of nitrogens with zero attached hydrogens (tertiary/aromatic N) is 4. The normalized spacial score (nSPS) is 19.2. The van der Waals surface area contributed by atoms with Crippen molar-refractivity contribution in [3.05, 3.63) is 47.3 Å². The molecule has 174 valence electrons. The molecule has 0 unspecified atom stereocenters. The summed E-state index contributed by atoms with van der Waals surface area (Å²) in [6, 6.07) is 7.60. The van der Waals surface area contributed by atoms with E-state index in [1.807, 2.05) is 54.4 Å². The third-order valence-electron chi connectivity index (χ3n) is 6.88. The third-order valence-corrected chi connectivity index (χ3v) is 6.88. The first-order valence-electron chi connectivity index (χ1n) is 11.8. The Morgan fingerprint density at radius 1 is 1.18 bits per heavy atom. The summed E-state index contributed by atoms with van der Waals surface area (Å²) in [6.07, 6.45) is 6.55. The first-order chi connectivity index (χ1) is 15.9. The number of aromatic nitrogens is 2. The molecule has 1 N–H and O–H groups in total. The molecule has 8 nitrogen and oxygen atoms in total. The smallest absolute Gasteiger partial charge is 0.227 e. The van der Waals surface area contributed by atoms with E-state index >= 15 is 0 Å². The summed E-state index contributed by atoms with van der Waals surface area (Å²) in [5, 5.41) is 2.94. The van der Waals surface area contributed by atoms with Gasteiger partial charge in [-0.25, -0.2) is 9.97 Å². The molecule has 0 atom stereocenters. The van der Waals surface area contributed by atoms with Gasteiger partial charge in [0.25, 0.3) is 0 Å². The van der Waals surface area contributed by atoms with Gasteiger partial charge in [-0.3, -0.25) is 9.59 Å². The lowest BCUT2D eigenvalue weighted by atomic mass is 9.83. The molecule has 1 aromatic carbocycles. The van der Waals surface area contributed by atoms with Crippen LogP contribution in [0.25, 0.3) is 0 Å². The summed E-state index contributed by atoms with van der Waals surface area (Å²) >= 11 is 0. The van der Waals surface area contributed by atoms with Gasteiger partial charge in [0.2, 0.25) is 17.8 Å². The van der Waals surface area contributed by atoms with Crippen LogP contribution in [0.3, 0.4) is 0 Å². The molecular formula is C25H31N5O3. The van der Waals surface area contributed by atoms with Crippen LogP contribution in [-0.2, 0) is 32.8 Å². The molecule has 33 heavy (non-hydrogen) atoms. The van der Waals surface area contributed by atoms with Crippen molar-refractivity contribution in [1.82, 2.24) is 14.9 Å². The number of carbonyl (C=O) groups is 2. The largest absolute Gasteiger partial charge is 0.368 e. The van der Waals surface area contributed by atoms with Crippen LogP contribution in [0.4, 0.5) is 11.6 Å². The number of fused-ring (bicyclic) bond motifs is 2. The van der Waals surface area contributed by atoms with Gasteiger partial charge in [-0.2, -0.15) is 0 Å². The van der Waals surface area contributed by atoms with Crippen LogP contribution in [0.15, 0.2) is 30.5 Å². The fourth-order valence-corrected chi connectivity index (χ4v) is 4.70. The topological polar surface area (TPSA) is 87.7 Å². The van der Waals surface area contributed by atoms with Crippen LogP contribution in [0.5, 0.6) is 0 Å². The van der Waals surface area contributed by atoms with Gasteiger partial charge in [0.1, 0.15) is 5.60 Å². The Labute approximate surface area is 194 Å². The second-order valence-electron chi connectivity index (χ2n) is 9.55. The van der Waals surface area contributed by atoms with Crippen LogP contribution in [0.1, 0.15) is 42.5 Å². The van der Waals surface area contributed by atoms with Crippen molar-refractivity contribution >= 4 is 23.5 Å². The van der Waals surface area contributed by atoms with E-state index in [0.717, 1.165) is 54.6 Å². The van der Waals surface area contributed by atoms with Gasteiger partial charge < -0.3 is 19.9 Å². The summed E-state index contributed by atoms with van der Waals surface area (Å²) in [6.45, 7) is 1.96. The fourth-order valence-electron chi connectivity index (χ4n) is 4.70. The number of amides is 2. The molecule has 1 saturated heterocycles. The van der Waals surface area contributed by atoms with E-state index in [2.05, 4.69) is 10.3 Å². The van der Waals surface area contributed by atoms with E-state index < -0.39 is 5.60 Å². The Bertz CT molecular complexity index is 1040. The second kappa shape index (κ2) is 8.74. The van der Waals surface area contributed by atoms with Gasteiger partial charge >= 0.3 is 0 Å². The zero-order chi connectivity index (χ0) is 23.0. The van der Waals surface area contributed by atoms with Gasteiger partial charge in [-0.05, 0) is 55.4 Å². The Balaban J connectivity index is 1.20. The van der Waals surface area contributed by atoms with E-state index in [-0.39, 0.29) is 17.7 Å². The fraction of sp³-hybridized carbons (Fsp3) is 0.520. The third kappa shape index (κ3) is 4.57. The quantitative estimate of drug-likeness (QED) is 0.755. The second-order valence-corrected chi connectivity index (χ2v) is 9.55. The van der Waals surface area contributed by atoms with E-state index in [9.17, 15) is 9.59 Å². The van der Waals surface area contributed by atoms with Gasteiger partial charge in [0.05, 0.1) is 18.7 Å². The summed E-state index contributed by atoms with van der Waals surface area (Å²) < 4.78 is 6.30. The van der Waals surface area contributed by atoms with Crippen LogP contribution >= 0.6 is 0 Å². The molecule has 1 aliphatic carbocycles. The van der Waals surface area contributed by atoms with Gasteiger partial charge in [0, 0.05) is 45.0 Å². The molecular weight excluding hydrogens is 418 g/mol. The van der Waals surface area contributed by atoms with Crippen molar-refractivity contribution in [2.45, 2.75) is 44.1 Å². The van der Waals surface area contributed by atoms with Crippen LogP contribution < -0.4 is 10.2 Å². The van der Waals surface area contributed by atoms with Crippen molar-refractivity contribution in [1.29, 1.82) is 0 Å². The SMILES string of the molecule is CN(C)c1ncc2c(n1)C1(CCN(C(=O)Cc3ccc(NC(=O)C4CC4)cc3)CC1)OCC2. The number of anilines is 2. The number of carbonyl (C=O) groups excluding carboxylic acids is 2. The standard InChI is InChI=1S/C25H31N5O3/c1-29(2)24-26-16-19-9-14-33-25(22(19)28-24)10-12-30(13-11-25)21(31)15-17-3-7-20(8-4-17)27-23(32)18-5-6-18/h3-4,7-8,16,18H,5-6,9-15H2,1-2H3,(H,27,32). The number of ether oxygens (including phenoxy) is 1. The minimum atomic E-state index is -0.431. The summed E-state index contributed by atoms with van der Waals surface area (Å²) in [4.78, 5) is 38.0. The number of rotatable bonds is 5. The number of likely N-dealkylation sites (tertiary alicyclic amines) is 1. The molecule has 0 bridgehead atoms. The van der Waals surface area contributed by atoms with E-state index in [1.165, 1.54) is 0 Å². The predicted octanol–water partition coefficient (Wildman–Crippen LogP) is 2.52. The molecule has 5 rings (SSSR count). The average molecular weight is 450 g/mol. The van der Waals surface area contributed by atoms with Crippen LogP contribution in [0, 0.1) is 5.92 Å². The molecule has 3 aliphatic rings. The molecule has 3 heterocycles. The number of hydrogen-bond donors (Lipinski definition) is 1. The van der Waals surface area contributed by atoms with Crippen molar-refractivity contribution in [3.8, 4) is 0 Å². The molecule has 2 amide bonds. The van der Waals surface area contributed by atoms with E-state index in [1.54, 1.807) is 0 Å². The molecule has 1 aromatic heterocycles. The molecule has 2 fully saturated rings. The lowest BCUT2D eigenvalue weighted by molar-refractivity contribution is -0.140. The zero-order valence-electron chi connectivity index (χ0n) is 19.3. The van der Waals surface area contributed by atoms with Crippen molar-refractivity contribution in [3.63, 3.8) is 0 Å². The molecule has 1 spiro atoms. The minimum Gasteiger partial charge on any atom is -0.368 e. The lowest BCUT2D eigenvalue weighted by Crippen LogP contribution is -2.49. The number of benzene rings is 1. The zero-order valence-corrected chi connectivity index (χ0v) is 19.3. The molecule has 2 aromatic rings. The maximum Gasteiger partial charge on any atom is 0.227 e. The Morgan fingerprint density at radius 2 is 1.91 bits per heavy atom. The van der Waals surface area contributed by atoms with Gasteiger partial charge in [-0.1, -0.05) is 12.1 Å². The maximum atomic E-state index is 13.0. The van der Waals surface area contributed by atoms with Crippen molar-refractivity contribution in [2.24, 2.45) is 5.92 Å². The highest BCUT2D eigenvalue weighted by Gasteiger charge is 2.43. The number of hydrogen-bond acceptors (Lipinski definition) is 6. The summed E-state index contributed by atoms with van der Waals surface area (Å²) in [7, 11) is 3.87. The highest BCUT2D eigenvalue weighted by molar-refractivity contribution is 5.94. The Kier molecular flexibility index (Phi) is 5.78. The van der Waals surface area contributed by atoms with Crippen LogP contribution in [0.2, 0.25) is 0 Å². The van der Waals surface area contributed by atoms with E-state index in [0.29, 0.717) is 32.1 Å². The summed E-state index contributed by atoms with van der Waals surface area (Å²) in [5.41, 5.74) is 3.45. The Morgan fingerprint density at radius 3 is 2.58 bits per heavy atom. The lowest BCUT2D eigenvalue weighted by Gasteiger charge is -2.44. The first kappa shape index (κ1) is 21.8. The highest BCUT2D eigenvalue weighted by atomic mass is 16.5. The van der Waals surface area contributed by atoms with Crippen molar-refractivity contribution < 1.29 is 14.3 Å². The van der Waals surface area contributed by atoms with Gasteiger partial charge in [0.15, 0.2) is 0 Å². The monoisotopic (exact) mass is 449 g/mol. The Hall–Kier alpha value is -3.00. The average Bonchev–Trinajstić information content (AvgIpc) is 3.66. The molecule has 0 radical (unpaired) electrons. The number of piperidine rings is 1. The van der Waals surface area contributed by atoms with Crippen molar-refractivity contribution in [2.75, 3.05) is 44.0 Å². The minimum absolute atomic E-state index is 0.0931. The summed E-state index contributed by atoms with van der Waals surface area (Å²) in [5.74, 6) is 1.08. The molecule has 1 saturated carbocycles. The highest BCUT2D eigenvalue weighted by Crippen LogP contribution is 2.40. The van der Waals surface area contributed by atoms with Crippen LogP contribution in [-0.4, -0.2) is 60.5 Å².